The molecule has 0 saturated heterocycles. The summed E-state index contributed by atoms with van der Waals surface area (Å²) in [5.41, 5.74) is 1.05. The summed E-state index contributed by atoms with van der Waals surface area (Å²) in [5.74, 6) is -0.611. The van der Waals surface area contributed by atoms with Crippen LogP contribution in [0, 0.1) is 17.1 Å². The normalized spacial score (nSPS) is 26.3. The van der Waals surface area contributed by atoms with Crippen LogP contribution in [0.4, 0.5) is 28.9 Å². The molecular weight excluding hydrogens is 444 g/mol. The number of hydrogen-bond acceptors (Lipinski definition) is 3. The SMILES string of the molecule is CC.CC[C@]12CC[C@](O)(C(F)(F)F)CC1CCCc1cc(Nc3ccc(F)cc3)c(C=N)cc12. The minimum atomic E-state index is -4.63. The van der Waals surface area contributed by atoms with Gasteiger partial charge in [-0.3, -0.25) is 0 Å². The number of rotatable bonds is 4. The summed E-state index contributed by atoms with van der Waals surface area (Å²) in [7, 11) is 0. The first kappa shape index (κ1) is 26.2. The monoisotopic (exact) mass is 478 g/mol. The van der Waals surface area contributed by atoms with Gasteiger partial charge in [-0.1, -0.05) is 20.8 Å². The highest BCUT2D eigenvalue weighted by atomic mass is 19.4. The highest BCUT2D eigenvalue weighted by Crippen LogP contribution is 2.57. The quantitative estimate of drug-likeness (QED) is 0.312. The average Bonchev–Trinajstić information content (AvgIpc) is 2.97. The smallest absolute Gasteiger partial charge is 0.380 e. The maximum absolute atomic E-state index is 13.6. The number of anilines is 2. The lowest BCUT2D eigenvalue weighted by molar-refractivity contribution is -0.279. The van der Waals surface area contributed by atoms with E-state index in [-0.39, 0.29) is 31.0 Å². The summed E-state index contributed by atoms with van der Waals surface area (Å²) >= 11 is 0. The van der Waals surface area contributed by atoms with Crippen LogP contribution in [0.5, 0.6) is 0 Å². The zero-order chi connectivity index (χ0) is 25.1. The molecule has 0 radical (unpaired) electrons. The molecule has 34 heavy (non-hydrogen) atoms. The lowest BCUT2D eigenvalue weighted by atomic mass is 9.56. The number of nitrogens with one attached hydrogen (secondary N) is 2. The van der Waals surface area contributed by atoms with E-state index in [0.717, 1.165) is 29.7 Å². The molecule has 0 aromatic heterocycles. The first-order valence-electron chi connectivity index (χ1n) is 12.1. The van der Waals surface area contributed by atoms with Gasteiger partial charge in [0.25, 0.3) is 0 Å². The lowest BCUT2D eigenvalue weighted by Crippen LogP contribution is -2.54. The van der Waals surface area contributed by atoms with E-state index in [9.17, 15) is 22.7 Å². The molecule has 4 rings (SSSR count). The summed E-state index contributed by atoms with van der Waals surface area (Å²) in [6.07, 6.45) is -0.937. The molecule has 0 spiro atoms. The molecule has 1 saturated carbocycles. The zero-order valence-electron chi connectivity index (χ0n) is 20.0. The Hall–Kier alpha value is -2.41. The van der Waals surface area contributed by atoms with Crippen molar-refractivity contribution in [2.45, 2.75) is 82.9 Å². The van der Waals surface area contributed by atoms with Crippen molar-refractivity contribution in [2.24, 2.45) is 5.92 Å². The second-order valence-electron chi connectivity index (χ2n) is 9.21. The number of alkyl halides is 3. The number of halogens is 4. The van der Waals surface area contributed by atoms with Gasteiger partial charge >= 0.3 is 6.18 Å². The molecule has 0 aliphatic heterocycles. The topological polar surface area (TPSA) is 56.1 Å². The predicted molar refractivity (Wildman–Crippen MR) is 129 cm³/mol. The second kappa shape index (κ2) is 10.1. The predicted octanol–water partition coefficient (Wildman–Crippen LogP) is 7.67. The van der Waals surface area contributed by atoms with Crippen molar-refractivity contribution in [1.29, 1.82) is 5.41 Å². The molecule has 2 aliphatic carbocycles. The number of benzene rings is 2. The largest absolute Gasteiger partial charge is 0.417 e. The van der Waals surface area contributed by atoms with Gasteiger partial charge in [0.15, 0.2) is 5.60 Å². The highest BCUT2D eigenvalue weighted by Gasteiger charge is 2.60. The van der Waals surface area contributed by atoms with Crippen molar-refractivity contribution in [3.8, 4) is 0 Å². The average molecular weight is 479 g/mol. The molecule has 1 fully saturated rings. The number of aliphatic hydroxyl groups is 1. The van der Waals surface area contributed by atoms with E-state index in [2.05, 4.69) is 5.32 Å². The molecule has 0 heterocycles. The van der Waals surface area contributed by atoms with Crippen LogP contribution in [0.2, 0.25) is 0 Å². The van der Waals surface area contributed by atoms with Crippen LogP contribution in [0.15, 0.2) is 36.4 Å². The Bertz CT molecular complexity index is 1000. The Morgan fingerprint density at radius 1 is 1.15 bits per heavy atom. The van der Waals surface area contributed by atoms with Crippen molar-refractivity contribution in [1.82, 2.24) is 0 Å². The lowest BCUT2D eigenvalue weighted by Gasteiger charge is -2.50. The van der Waals surface area contributed by atoms with Gasteiger partial charge in [0.2, 0.25) is 0 Å². The van der Waals surface area contributed by atoms with Gasteiger partial charge in [0.1, 0.15) is 5.82 Å². The van der Waals surface area contributed by atoms with Crippen LogP contribution in [-0.4, -0.2) is 23.1 Å². The van der Waals surface area contributed by atoms with E-state index < -0.39 is 17.2 Å². The third-order valence-electron chi connectivity index (χ3n) is 7.60. The molecule has 3 atom stereocenters. The van der Waals surface area contributed by atoms with Gasteiger partial charge in [-0.15, -0.1) is 0 Å². The van der Waals surface area contributed by atoms with Crippen LogP contribution in [0.25, 0.3) is 0 Å². The molecule has 2 aliphatic rings. The molecule has 1 unspecified atom stereocenters. The summed E-state index contributed by atoms with van der Waals surface area (Å²) < 4.78 is 54.1. The first-order chi connectivity index (χ1) is 16.1. The summed E-state index contributed by atoms with van der Waals surface area (Å²) in [6.45, 7) is 6.01. The fourth-order valence-electron chi connectivity index (χ4n) is 5.77. The van der Waals surface area contributed by atoms with Crippen molar-refractivity contribution in [3.63, 3.8) is 0 Å². The molecule has 0 amide bonds. The van der Waals surface area contributed by atoms with Gasteiger partial charge in [-0.2, -0.15) is 13.2 Å². The van der Waals surface area contributed by atoms with E-state index in [1.165, 1.54) is 18.3 Å². The minimum Gasteiger partial charge on any atom is -0.380 e. The Morgan fingerprint density at radius 3 is 2.41 bits per heavy atom. The van der Waals surface area contributed by atoms with Crippen LogP contribution >= 0.6 is 0 Å². The Morgan fingerprint density at radius 2 is 1.82 bits per heavy atom. The molecule has 3 nitrogen and oxygen atoms in total. The van der Waals surface area contributed by atoms with E-state index >= 15 is 0 Å². The van der Waals surface area contributed by atoms with Gasteiger partial charge in [-0.25, -0.2) is 4.39 Å². The summed E-state index contributed by atoms with van der Waals surface area (Å²) in [5, 5.41) is 21.6. The fourth-order valence-corrected chi connectivity index (χ4v) is 5.77. The molecule has 3 N–H and O–H groups in total. The highest BCUT2D eigenvalue weighted by molar-refractivity contribution is 5.88. The van der Waals surface area contributed by atoms with E-state index in [0.29, 0.717) is 24.1 Å². The molecule has 2 aromatic carbocycles. The zero-order valence-corrected chi connectivity index (χ0v) is 20.0. The Kier molecular flexibility index (Phi) is 7.75. The fraction of sp³-hybridized carbons (Fsp3) is 0.519. The number of aryl methyl sites for hydroxylation is 1. The maximum atomic E-state index is 13.6. The van der Waals surface area contributed by atoms with Gasteiger partial charge in [0.05, 0.1) is 0 Å². The van der Waals surface area contributed by atoms with Crippen LogP contribution in [-0.2, 0) is 11.8 Å². The molecule has 7 heteroatoms. The second-order valence-corrected chi connectivity index (χ2v) is 9.21. The standard InChI is InChI=1S/C25H28F4N2O.C2H6/c1-2-23-10-11-24(32,25(27,28)29)14-18(23)5-3-4-16-13-22(17(15-30)12-21(16)23)31-20-8-6-19(26)7-9-20;1-2/h6-9,12-13,15,18,30-32H,2-5,10-11,14H2,1H3;1-2H3/t18?,23-,24+;/m0./s1. The summed E-state index contributed by atoms with van der Waals surface area (Å²) in [6, 6.07) is 9.89. The van der Waals surface area contributed by atoms with E-state index in [4.69, 9.17) is 5.41 Å². The van der Waals surface area contributed by atoms with Crippen LogP contribution < -0.4 is 5.32 Å². The van der Waals surface area contributed by atoms with E-state index in [1.807, 2.05) is 32.9 Å². The molecule has 0 bridgehead atoms. The summed E-state index contributed by atoms with van der Waals surface area (Å²) in [4.78, 5) is 0. The molecule has 186 valence electrons. The Balaban J connectivity index is 0.00000158. The first-order valence-corrected chi connectivity index (χ1v) is 12.1. The van der Waals surface area contributed by atoms with Crippen molar-refractivity contribution < 1.29 is 22.7 Å². The van der Waals surface area contributed by atoms with E-state index in [1.54, 1.807) is 12.1 Å². The van der Waals surface area contributed by atoms with Crippen molar-refractivity contribution in [3.05, 3.63) is 58.9 Å². The third-order valence-corrected chi connectivity index (χ3v) is 7.60. The number of fused-ring (bicyclic) bond motifs is 3. The maximum Gasteiger partial charge on any atom is 0.417 e. The molecule has 2 aromatic rings. The third kappa shape index (κ3) is 4.72. The minimum absolute atomic E-state index is 0.263. The van der Waals surface area contributed by atoms with Crippen LogP contribution in [0.1, 0.15) is 76.0 Å². The van der Waals surface area contributed by atoms with Crippen molar-refractivity contribution >= 4 is 17.6 Å². The van der Waals surface area contributed by atoms with Gasteiger partial charge in [0, 0.05) is 23.2 Å². The van der Waals surface area contributed by atoms with Gasteiger partial charge in [-0.05, 0) is 104 Å². The number of hydrogen-bond donors (Lipinski definition) is 3. The van der Waals surface area contributed by atoms with Crippen LogP contribution in [0.3, 0.4) is 0 Å². The molecular formula is C27H34F4N2O. The van der Waals surface area contributed by atoms with Gasteiger partial charge < -0.3 is 15.8 Å². The Labute approximate surface area is 199 Å². The van der Waals surface area contributed by atoms with Crippen molar-refractivity contribution in [2.75, 3.05) is 5.32 Å².